The van der Waals surface area contributed by atoms with Crippen LogP contribution < -0.4 is 5.32 Å². The van der Waals surface area contributed by atoms with Gasteiger partial charge in [-0.05, 0) is 63.7 Å². The van der Waals surface area contributed by atoms with Crippen molar-refractivity contribution >= 4 is 17.4 Å². The Morgan fingerprint density at radius 2 is 1.95 bits per heavy atom. The number of likely N-dealkylation sites (N-methyl/N-ethyl adjacent to an activating group) is 1. The largest absolute Gasteiger partial charge is 0.317 e. The van der Waals surface area contributed by atoms with E-state index in [0.29, 0.717) is 11.1 Å². The highest BCUT2D eigenvalue weighted by Crippen LogP contribution is 2.19. The minimum Gasteiger partial charge on any atom is -0.317 e. The number of piperidine rings is 1. The van der Waals surface area contributed by atoms with Gasteiger partial charge in [0.15, 0.2) is 5.78 Å². The van der Waals surface area contributed by atoms with Gasteiger partial charge >= 0.3 is 0 Å². The van der Waals surface area contributed by atoms with Gasteiger partial charge in [-0.1, -0.05) is 18.5 Å². The van der Waals surface area contributed by atoms with Crippen LogP contribution in [0.3, 0.4) is 0 Å². The van der Waals surface area contributed by atoms with E-state index in [2.05, 4.69) is 17.1 Å². The fraction of sp³-hybridized carbons (Fsp3) is 0.562. The molecule has 0 bridgehead atoms. The highest BCUT2D eigenvalue weighted by Gasteiger charge is 2.28. The summed E-state index contributed by atoms with van der Waals surface area (Å²) < 4.78 is 0. The van der Waals surface area contributed by atoms with E-state index in [1.165, 1.54) is 0 Å². The summed E-state index contributed by atoms with van der Waals surface area (Å²) in [6, 6.07) is 7.62. The highest BCUT2D eigenvalue weighted by atomic mass is 35.5. The molecule has 1 aliphatic heterocycles. The summed E-state index contributed by atoms with van der Waals surface area (Å²) in [6.07, 6.45) is 2.23. The van der Waals surface area contributed by atoms with Gasteiger partial charge in [0.25, 0.3) is 0 Å². The van der Waals surface area contributed by atoms with E-state index in [0.717, 1.165) is 38.0 Å². The molecule has 3 nitrogen and oxygen atoms in total. The van der Waals surface area contributed by atoms with Gasteiger partial charge in [-0.25, -0.2) is 0 Å². The third-order valence-corrected chi connectivity index (χ3v) is 4.40. The minimum atomic E-state index is -0.0794. The van der Waals surface area contributed by atoms with Crippen molar-refractivity contribution in [3.05, 3.63) is 34.9 Å². The van der Waals surface area contributed by atoms with E-state index in [1.54, 1.807) is 12.1 Å². The smallest absolute Gasteiger partial charge is 0.179 e. The molecule has 1 fully saturated rings. The van der Waals surface area contributed by atoms with E-state index < -0.39 is 0 Å². The number of halogens is 1. The molecule has 1 aliphatic rings. The fourth-order valence-corrected chi connectivity index (χ4v) is 3.12. The van der Waals surface area contributed by atoms with E-state index in [9.17, 15) is 4.79 Å². The van der Waals surface area contributed by atoms with Crippen molar-refractivity contribution in [2.75, 3.05) is 19.6 Å². The summed E-state index contributed by atoms with van der Waals surface area (Å²) in [5.74, 6) is 0.182. The van der Waals surface area contributed by atoms with Crippen LogP contribution >= 0.6 is 11.6 Å². The molecule has 20 heavy (non-hydrogen) atoms. The molecule has 110 valence electrons. The number of carbonyl (C=O) groups is 1. The molecule has 0 aromatic heterocycles. The molecule has 0 amide bonds. The van der Waals surface area contributed by atoms with Crippen LogP contribution in [0.4, 0.5) is 0 Å². The molecule has 2 rings (SSSR count). The molecular formula is C16H23ClN2O. The topological polar surface area (TPSA) is 32.3 Å². The normalized spacial score (nSPS) is 18.2. The average Bonchev–Trinajstić information content (AvgIpc) is 2.49. The van der Waals surface area contributed by atoms with Gasteiger partial charge in [0.1, 0.15) is 0 Å². The summed E-state index contributed by atoms with van der Waals surface area (Å²) in [5.41, 5.74) is 0.745. The standard InChI is InChI=1S/C16H23ClN2O/c1-3-19(15-8-10-18-11-9-15)12(2)16(20)13-4-6-14(17)7-5-13/h4-7,12,15,18H,3,8-11H2,1-2H3. The number of carbonyl (C=O) groups excluding carboxylic acids is 1. The Morgan fingerprint density at radius 1 is 1.35 bits per heavy atom. The second-order valence-corrected chi connectivity index (χ2v) is 5.80. The Labute approximate surface area is 126 Å². The molecule has 1 saturated heterocycles. The van der Waals surface area contributed by atoms with Gasteiger partial charge in [0.2, 0.25) is 0 Å². The summed E-state index contributed by atoms with van der Waals surface area (Å²) in [6.45, 7) is 7.15. The number of Topliss-reactive ketones (excluding diaryl/α,β-unsaturated/α-hetero) is 1. The number of hydrogen-bond donors (Lipinski definition) is 1. The number of ketones is 1. The zero-order valence-corrected chi connectivity index (χ0v) is 13.0. The Morgan fingerprint density at radius 3 is 2.50 bits per heavy atom. The quantitative estimate of drug-likeness (QED) is 0.848. The maximum Gasteiger partial charge on any atom is 0.179 e. The third kappa shape index (κ3) is 3.60. The Hall–Kier alpha value is -0.900. The molecule has 1 unspecified atom stereocenters. The first-order valence-corrected chi connectivity index (χ1v) is 7.77. The SMILES string of the molecule is CCN(C1CCNCC1)C(C)C(=O)c1ccc(Cl)cc1. The first-order chi connectivity index (χ1) is 9.63. The number of hydrogen-bond acceptors (Lipinski definition) is 3. The maximum absolute atomic E-state index is 12.6. The molecule has 0 radical (unpaired) electrons. The molecule has 1 N–H and O–H groups in total. The second kappa shape index (κ2) is 7.21. The fourth-order valence-electron chi connectivity index (χ4n) is 2.99. The van der Waals surface area contributed by atoms with Gasteiger partial charge < -0.3 is 5.32 Å². The second-order valence-electron chi connectivity index (χ2n) is 5.36. The molecule has 0 saturated carbocycles. The highest BCUT2D eigenvalue weighted by molar-refractivity contribution is 6.30. The molecular weight excluding hydrogens is 272 g/mol. The maximum atomic E-state index is 12.6. The molecule has 1 atom stereocenters. The molecule has 1 aromatic rings. The van der Waals surface area contributed by atoms with Crippen molar-refractivity contribution in [3.8, 4) is 0 Å². The zero-order chi connectivity index (χ0) is 14.5. The van der Waals surface area contributed by atoms with Crippen molar-refractivity contribution in [1.29, 1.82) is 0 Å². The van der Waals surface area contributed by atoms with Crippen LogP contribution in [0.15, 0.2) is 24.3 Å². The van der Waals surface area contributed by atoms with Crippen LogP contribution in [0.5, 0.6) is 0 Å². The van der Waals surface area contributed by atoms with Gasteiger partial charge in [-0.2, -0.15) is 0 Å². The lowest BCUT2D eigenvalue weighted by Gasteiger charge is -2.37. The van der Waals surface area contributed by atoms with E-state index in [1.807, 2.05) is 19.1 Å². The number of benzene rings is 1. The first-order valence-electron chi connectivity index (χ1n) is 7.39. The monoisotopic (exact) mass is 294 g/mol. The lowest BCUT2D eigenvalue weighted by molar-refractivity contribution is 0.0728. The number of nitrogens with one attached hydrogen (secondary N) is 1. The molecule has 1 aromatic carbocycles. The number of rotatable bonds is 5. The van der Waals surface area contributed by atoms with Crippen LogP contribution in [-0.4, -0.2) is 42.4 Å². The van der Waals surface area contributed by atoms with Crippen molar-refractivity contribution < 1.29 is 4.79 Å². The van der Waals surface area contributed by atoms with Gasteiger partial charge in [-0.3, -0.25) is 9.69 Å². The van der Waals surface area contributed by atoms with Crippen LogP contribution in [0.25, 0.3) is 0 Å². The van der Waals surface area contributed by atoms with Crippen molar-refractivity contribution in [2.24, 2.45) is 0 Å². The van der Waals surface area contributed by atoms with Gasteiger partial charge in [0, 0.05) is 16.6 Å². The Kier molecular flexibility index (Phi) is 5.58. The van der Waals surface area contributed by atoms with Crippen molar-refractivity contribution in [2.45, 2.75) is 38.8 Å². The lowest BCUT2D eigenvalue weighted by Crippen LogP contribution is -2.49. The van der Waals surface area contributed by atoms with Crippen LogP contribution in [0.2, 0.25) is 5.02 Å². The predicted molar refractivity (Wildman–Crippen MR) is 83.5 cm³/mol. The van der Waals surface area contributed by atoms with E-state index in [4.69, 9.17) is 11.6 Å². The van der Waals surface area contributed by atoms with E-state index >= 15 is 0 Å². The summed E-state index contributed by atoms with van der Waals surface area (Å²) in [5, 5.41) is 4.04. The first kappa shape index (κ1) is 15.5. The lowest BCUT2D eigenvalue weighted by atomic mass is 9.98. The van der Waals surface area contributed by atoms with Gasteiger partial charge in [0.05, 0.1) is 6.04 Å². The van der Waals surface area contributed by atoms with Gasteiger partial charge in [-0.15, -0.1) is 0 Å². The minimum absolute atomic E-state index is 0.0794. The summed E-state index contributed by atoms with van der Waals surface area (Å²) in [7, 11) is 0. The van der Waals surface area contributed by atoms with Crippen LogP contribution in [-0.2, 0) is 0 Å². The summed E-state index contributed by atoms with van der Waals surface area (Å²) >= 11 is 5.88. The predicted octanol–water partition coefficient (Wildman–Crippen LogP) is 2.99. The van der Waals surface area contributed by atoms with Crippen molar-refractivity contribution in [3.63, 3.8) is 0 Å². The molecule has 4 heteroatoms. The third-order valence-electron chi connectivity index (χ3n) is 4.15. The molecule has 0 aliphatic carbocycles. The molecule has 1 heterocycles. The zero-order valence-electron chi connectivity index (χ0n) is 12.2. The van der Waals surface area contributed by atoms with Crippen LogP contribution in [0, 0.1) is 0 Å². The average molecular weight is 295 g/mol. The Balaban J connectivity index is 2.08. The van der Waals surface area contributed by atoms with Crippen molar-refractivity contribution in [1.82, 2.24) is 10.2 Å². The summed E-state index contributed by atoms with van der Waals surface area (Å²) in [4.78, 5) is 14.9. The van der Waals surface area contributed by atoms with E-state index in [-0.39, 0.29) is 11.8 Å². The number of nitrogens with zero attached hydrogens (tertiary/aromatic N) is 1. The molecule has 0 spiro atoms. The van der Waals surface area contributed by atoms with Crippen LogP contribution in [0.1, 0.15) is 37.0 Å². The Bertz CT molecular complexity index is 440.